The van der Waals surface area contributed by atoms with Gasteiger partial charge >= 0.3 is 5.97 Å². The van der Waals surface area contributed by atoms with Crippen molar-refractivity contribution in [2.75, 3.05) is 6.61 Å². The molecule has 0 aliphatic rings. The van der Waals surface area contributed by atoms with Crippen LogP contribution in [-0.4, -0.2) is 27.2 Å². The van der Waals surface area contributed by atoms with Gasteiger partial charge in [0.2, 0.25) is 0 Å². The Morgan fingerprint density at radius 1 is 1.07 bits per heavy atom. The lowest BCUT2D eigenvalue weighted by Crippen LogP contribution is -2.38. The number of hydrogen-bond acceptors (Lipinski definition) is 4. The molecule has 0 N–H and O–H groups in total. The summed E-state index contributed by atoms with van der Waals surface area (Å²) in [5.41, 5.74) is 3.12. The number of aromatic nitrogens is 3. The number of carbonyl (C=O) groups is 1. The summed E-state index contributed by atoms with van der Waals surface area (Å²) in [6.45, 7) is 4.01. The highest BCUT2D eigenvalue weighted by atomic mass is 35.5. The van der Waals surface area contributed by atoms with Crippen LogP contribution < -0.4 is 0 Å². The van der Waals surface area contributed by atoms with Gasteiger partial charge in [0.05, 0.1) is 18.5 Å². The van der Waals surface area contributed by atoms with Gasteiger partial charge in [-0.15, -0.1) is 0 Å². The molecule has 0 radical (unpaired) electrons. The van der Waals surface area contributed by atoms with Crippen LogP contribution in [0, 0.1) is 0 Å². The lowest BCUT2D eigenvalue weighted by atomic mass is 9.80. The smallest absolute Gasteiger partial charge is 0.318 e. The molecule has 6 heteroatoms. The van der Waals surface area contributed by atoms with Gasteiger partial charge in [0.1, 0.15) is 5.41 Å². The number of carbonyl (C=O) groups excluding carboxylic acids is 1. The van der Waals surface area contributed by atoms with Crippen molar-refractivity contribution < 1.29 is 9.53 Å². The fourth-order valence-corrected chi connectivity index (χ4v) is 3.98. The fraction of sp³-hybridized carbons (Fsp3) is 0.208. The molecule has 0 spiro atoms. The maximum atomic E-state index is 13.1. The molecule has 1 unspecified atom stereocenters. The SMILES string of the molecule is CCOC(=O)C(C)(Cc1ccccc1)c1ccnc2c(-c3ccccc3Cl)cnn12. The molecule has 4 rings (SSSR count). The summed E-state index contributed by atoms with van der Waals surface area (Å²) < 4.78 is 7.19. The lowest BCUT2D eigenvalue weighted by molar-refractivity contribution is -0.149. The first-order chi connectivity index (χ1) is 14.5. The highest BCUT2D eigenvalue weighted by molar-refractivity contribution is 6.33. The summed E-state index contributed by atoms with van der Waals surface area (Å²) in [7, 11) is 0. The third-order valence-electron chi connectivity index (χ3n) is 5.26. The molecule has 0 saturated heterocycles. The van der Waals surface area contributed by atoms with E-state index in [1.54, 1.807) is 16.9 Å². The van der Waals surface area contributed by atoms with Crippen LogP contribution in [0.25, 0.3) is 16.8 Å². The van der Waals surface area contributed by atoms with Gasteiger partial charge in [0.25, 0.3) is 0 Å². The highest BCUT2D eigenvalue weighted by Gasteiger charge is 2.39. The first-order valence-corrected chi connectivity index (χ1v) is 10.2. The summed E-state index contributed by atoms with van der Waals surface area (Å²) >= 11 is 6.41. The maximum Gasteiger partial charge on any atom is 0.318 e. The van der Waals surface area contributed by atoms with Gasteiger partial charge in [-0.05, 0) is 38.0 Å². The number of benzene rings is 2. The zero-order valence-electron chi connectivity index (χ0n) is 16.9. The zero-order chi connectivity index (χ0) is 21.1. The van der Waals surface area contributed by atoms with Gasteiger partial charge in [0, 0.05) is 22.3 Å². The Balaban J connectivity index is 1.88. The van der Waals surface area contributed by atoms with Crippen molar-refractivity contribution in [3.63, 3.8) is 0 Å². The molecule has 2 aromatic carbocycles. The van der Waals surface area contributed by atoms with Crippen LogP contribution in [0.5, 0.6) is 0 Å². The minimum atomic E-state index is -0.942. The van der Waals surface area contributed by atoms with Gasteiger partial charge in [-0.2, -0.15) is 5.10 Å². The first kappa shape index (κ1) is 20.1. The zero-order valence-corrected chi connectivity index (χ0v) is 17.6. The predicted molar refractivity (Wildman–Crippen MR) is 118 cm³/mol. The van der Waals surface area contributed by atoms with Crippen LogP contribution in [0.2, 0.25) is 5.02 Å². The van der Waals surface area contributed by atoms with Crippen LogP contribution in [0.15, 0.2) is 73.1 Å². The van der Waals surface area contributed by atoms with Crippen molar-refractivity contribution in [1.29, 1.82) is 0 Å². The van der Waals surface area contributed by atoms with Crippen molar-refractivity contribution >= 4 is 23.2 Å². The number of halogens is 1. The number of esters is 1. The van der Waals surface area contributed by atoms with Crippen molar-refractivity contribution in [2.45, 2.75) is 25.7 Å². The van der Waals surface area contributed by atoms with E-state index in [0.29, 0.717) is 29.4 Å². The molecular formula is C24H22ClN3O2. The van der Waals surface area contributed by atoms with Gasteiger partial charge in [-0.1, -0.05) is 60.1 Å². The van der Waals surface area contributed by atoms with Crippen LogP contribution in [0.3, 0.4) is 0 Å². The highest BCUT2D eigenvalue weighted by Crippen LogP contribution is 2.34. The molecule has 5 nitrogen and oxygen atoms in total. The van der Waals surface area contributed by atoms with Crippen LogP contribution >= 0.6 is 11.6 Å². The minimum absolute atomic E-state index is 0.295. The molecule has 2 aromatic heterocycles. The second-order valence-electron chi connectivity index (χ2n) is 7.32. The molecule has 0 aliphatic heterocycles. The standard InChI is InChI=1S/C24H22ClN3O2/c1-3-30-23(29)24(2,15-17-9-5-4-6-10-17)21-13-14-26-22-19(16-27-28(21)22)18-11-7-8-12-20(18)25/h4-14,16H,3,15H2,1-2H3. The largest absolute Gasteiger partial charge is 0.465 e. The van der Waals surface area contributed by atoms with Crippen LogP contribution in [0.1, 0.15) is 25.1 Å². The van der Waals surface area contributed by atoms with E-state index in [1.165, 1.54) is 0 Å². The number of fused-ring (bicyclic) bond motifs is 1. The lowest BCUT2D eigenvalue weighted by Gasteiger charge is -2.28. The average molecular weight is 420 g/mol. The van der Waals surface area contributed by atoms with Crippen molar-refractivity contribution in [3.05, 3.63) is 89.3 Å². The molecule has 0 fully saturated rings. The molecule has 0 bridgehead atoms. The van der Waals surface area contributed by atoms with Crippen LogP contribution in [-0.2, 0) is 21.4 Å². The van der Waals surface area contributed by atoms with E-state index in [4.69, 9.17) is 16.3 Å². The first-order valence-electron chi connectivity index (χ1n) is 9.84. The normalized spacial score (nSPS) is 13.2. The number of hydrogen-bond donors (Lipinski definition) is 0. The Labute approximate surface area is 180 Å². The fourth-order valence-electron chi connectivity index (χ4n) is 3.74. The van der Waals surface area contributed by atoms with E-state index in [0.717, 1.165) is 16.7 Å². The summed E-state index contributed by atoms with van der Waals surface area (Å²) in [6, 6.07) is 19.3. The van der Waals surface area contributed by atoms with Crippen LogP contribution in [0.4, 0.5) is 0 Å². The number of nitrogens with zero attached hydrogens (tertiary/aromatic N) is 3. The monoisotopic (exact) mass is 419 g/mol. The average Bonchev–Trinajstić information content (AvgIpc) is 3.19. The van der Waals surface area contributed by atoms with E-state index in [9.17, 15) is 4.79 Å². The molecule has 1 atom stereocenters. The Morgan fingerprint density at radius 2 is 1.80 bits per heavy atom. The molecule has 30 heavy (non-hydrogen) atoms. The van der Waals surface area contributed by atoms with Crippen molar-refractivity contribution in [2.24, 2.45) is 0 Å². The Morgan fingerprint density at radius 3 is 2.53 bits per heavy atom. The Hall–Kier alpha value is -3.18. The molecule has 0 saturated carbocycles. The third kappa shape index (κ3) is 3.57. The second kappa shape index (κ2) is 8.28. The summed E-state index contributed by atoms with van der Waals surface area (Å²) in [4.78, 5) is 17.7. The Bertz CT molecular complexity index is 1190. The molecule has 0 aliphatic carbocycles. The van der Waals surface area contributed by atoms with E-state index < -0.39 is 5.41 Å². The number of ether oxygens (including phenoxy) is 1. The van der Waals surface area contributed by atoms with Gasteiger partial charge in [0.15, 0.2) is 5.65 Å². The van der Waals surface area contributed by atoms with Gasteiger partial charge in [-0.25, -0.2) is 9.50 Å². The summed E-state index contributed by atoms with van der Waals surface area (Å²) in [5.74, 6) is -0.295. The minimum Gasteiger partial charge on any atom is -0.465 e. The van der Waals surface area contributed by atoms with Gasteiger partial charge < -0.3 is 4.74 Å². The van der Waals surface area contributed by atoms with E-state index >= 15 is 0 Å². The summed E-state index contributed by atoms with van der Waals surface area (Å²) in [5, 5.41) is 5.20. The third-order valence-corrected chi connectivity index (χ3v) is 5.59. The Kier molecular flexibility index (Phi) is 5.55. The topological polar surface area (TPSA) is 56.5 Å². The van der Waals surface area contributed by atoms with Crippen molar-refractivity contribution in [3.8, 4) is 11.1 Å². The molecule has 152 valence electrons. The summed E-state index contributed by atoms with van der Waals surface area (Å²) in [6.07, 6.45) is 3.92. The van der Waals surface area contributed by atoms with Crippen molar-refractivity contribution in [1.82, 2.24) is 14.6 Å². The van der Waals surface area contributed by atoms with E-state index in [2.05, 4.69) is 10.1 Å². The molecule has 4 aromatic rings. The molecular weight excluding hydrogens is 398 g/mol. The molecule has 2 heterocycles. The number of rotatable bonds is 6. The van der Waals surface area contributed by atoms with E-state index in [-0.39, 0.29) is 5.97 Å². The molecule has 0 amide bonds. The quantitative estimate of drug-likeness (QED) is 0.407. The second-order valence-corrected chi connectivity index (χ2v) is 7.73. The van der Waals surface area contributed by atoms with Gasteiger partial charge in [-0.3, -0.25) is 4.79 Å². The predicted octanol–water partition coefficient (Wildman–Crippen LogP) is 5.11. The maximum absolute atomic E-state index is 13.1. The van der Waals surface area contributed by atoms with E-state index in [1.807, 2.05) is 74.5 Å².